The monoisotopic (exact) mass is 454 g/mol. The lowest BCUT2D eigenvalue weighted by atomic mass is 9.98. The lowest BCUT2D eigenvalue weighted by molar-refractivity contribution is 0.0872. The lowest BCUT2D eigenvalue weighted by Crippen LogP contribution is -2.31. The van der Waals surface area contributed by atoms with Gasteiger partial charge in [-0.05, 0) is 48.4 Å². The zero-order valence-corrected chi connectivity index (χ0v) is 19.0. The van der Waals surface area contributed by atoms with Crippen molar-refractivity contribution in [3.8, 4) is 11.5 Å². The molecule has 0 amide bonds. The fourth-order valence-electron chi connectivity index (χ4n) is 4.85. The van der Waals surface area contributed by atoms with E-state index in [1.807, 2.05) is 55.1 Å². The molecule has 6 rings (SSSR count). The Morgan fingerprint density at radius 1 is 1.12 bits per heavy atom. The topological polar surface area (TPSA) is 43.7 Å². The number of aryl methyl sites for hydroxylation is 2. The van der Waals surface area contributed by atoms with E-state index in [1.165, 1.54) is 12.1 Å². The van der Waals surface area contributed by atoms with E-state index in [9.17, 15) is 9.18 Å². The second-order valence-corrected chi connectivity index (χ2v) is 8.91. The first kappa shape index (κ1) is 20.7. The first-order chi connectivity index (χ1) is 16.5. The number of ether oxygens (including phenoxy) is 2. The largest absolute Gasteiger partial charge is 0.478 e. The van der Waals surface area contributed by atoms with Crippen LogP contribution >= 0.6 is 0 Å². The first-order valence-electron chi connectivity index (χ1n) is 11.2. The van der Waals surface area contributed by atoms with Crippen molar-refractivity contribution in [2.75, 3.05) is 6.73 Å². The van der Waals surface area contributed by atoms with Crippen molar-refractivity contribution >= 4 is 22.8 Å². The number of carbonyl (C=O) groups is 1. The molecular weight excluding hydrogens is 431 g/mol. The third kappa shape index (κ3) is 3.38. The molecule has 4 aromatic rings. The van der Waals surface area contributed by atoms with Crippen LogP contribution in [-0.2, 0) is 20.1 Å². The number of nitrogens with zero attached hydrogens (tertiary/aromatic N) is 2. The minimum Gasteiger partial charge on any atom is -0.478 e. The van der Waals surface area contributed by atoms with Gasteiger partial charge in [0.15, 0.2) is 5.76 Å². The van der Waals surface area contributed by atoms with E-state index < -0.39 is 0 Å². The van der Waals surface area contributed by atoms with Crippen molar-refractivity contribution < 1.29 is 18.7 Å². The van der Waals surface area contributed by atoms with E-state index in [1.54, 1.807) is 12.1 Å². The summed E-state index contributed by atoms with van der Waals surface area (Å²) in [6, 6.07) is 16.5. The molecule has 0 bridgehead atoms. The van der Waals surface area contributed by atoms with Crippen LogP contribution in [0, 0.1) is 12.7 Å². The molecule has 0 saturated heterocycles. The number of carbonyl (C=O) groups excluding carboxylic acids is 1. The summed E-state index contributed by atoms with van der Waals surface area (Å²) in [6.45, 7) is 3.50. The van der Waals surface area contributed by atoms with Gasteiger partial charge in [0.2, 0.25) is 5.78 Å². The summed E-state index contributed by atoms with van der Waals surface area (Å²) in [5, 5.41) is 1.07. The van der Waals surface area contributed by atoms with Gasteiger partial charge in [-0.15, -0.1) is 0 Å². The van der Waals surface area contributed by atoms with Crippen LogP contribution in [0.25, 0.3) is 17.0 Å². The summed E-state index contributed by atoms with van der Waals surface area (Å²) in [7, 11) is 1.99. The predicted molar refractivity (Wildman–Crippen MR) is 128 cm³/mol. The minimum atomic E-state index is -0.255. The zero-order valence-electron chi connectivity index (χ0n) is 19.0. The first-order valence-corrected chi connectivity index (χ1v) is 11.2. The molecule has 0 aliphatic carbocycles. The molecule has 170 valence electrons. The summed E-state index contributed by atoms with van der Waals surface area (Å²) in [5.41, 5.74) is 5.32. The summed E-state index contributed by atoms with van der Waals surface area (Å²) in [6.07, 6.45) is 3.84. The lowest BCUT2D eigenvalue weighted by Gasteiger charge is -2.30. The van der Waals surface area contributed by atoms with Crippen molar-refractivity contribution in [3.05, 3.63) is 100 Å². The number of rotatable bonds is 3. The van der Waals surface area contributed by atoms with Crippen LogP contribution in [0.2, 0.25) is 0 Å². The summed E-state index contributed by atoms with van der Waals surface area (Å²) >= 11 is 0. The number of hydrogen-bond acceptors (Lipinski definition) is 4. The van der Waals surface area contributed by atoms with E-state index in [0.717, 1.165) is 38.9 Å². The van der Waals surface area contributed by atoms with Crippen LogP contribution in [0.3, 0.4) is 0 Å². The van der Waals surface area contributed by atoms with E-state index in [2.05, 4.69) is 11.0 Å². The van der Waals surface area contributed by atoms with E-state index in [-0.39, 0.29) is 11.6 Å². The van der Waals surface area contributed by atoms with Gasteiger partial charge in [-0.1, -0.05) is 30.3 Å². The van der Waals surface area contributed by atoms with Crippen molar-refractivity contribution in [1.82, 2.24) is 9.47 Å². The maximum absolute atomic E-state index is 13.4. The Labute approximate surface area is 196 Å². The van der Waals surface area contributed by atoms with E-state index in [0.29, 0.717) is 36.9 Å². The second kappa shape index (κ2) is 7.85. The average Bonchev–Trinajstić information content (AvgIpc) is 3.33. The Kier molecular flexibility index (Phi) is 4.78. The fraction of sp³-hybridized carbons (Fsp3) is 0.179. The summed E-state index contributed by atoms with van der Waals surface area (Å²) in [4.78, 5) is 15.5. The molecular formula is C28H23FN2O3. The number of fused-ring (bicyclic) bond motifs is 4. The molecule has 0 radical (unpaired) electrons. The molecule has 0 N–H and O–H groups in total. The predicted octanol–water partition coefficient (Wildman–Crippen LogP) is 5.59. The van der Waals surface area contributed by atoms with Gasteiger partial charge in [0.1, 0.15) is 24.0 Å². The standard InChI is InChI=1S/C28H23FN2O3/c1-17-11-24-22(15-31(16-33-24)13-18-7-9-20(29)10-8-18)28-26(17)27(32)25(34-28)12-19-14-30(2)23-6-4-3-5-21(19)23/h3-12,14H,13,15-16H2,1-2H3/b25-12-. The Morgan fingerprint density at radius 3 is 2.74 bits per heavy atom. The van der Waals surface area contributed by atoms with E-state index in [4.69, 9.17) is 9.47 Å². The maximum atomic E-state index is 13.4. The van der Waals surface area contributed by atoms with Crippen LogP contribution in [-0.4, -0.2) is 22.0 Å². The van der Waals surface area contributed by atoms with Gasteiger partial charge in [-0.25, -0.2) is 4.39 Å². The molecule has 5 nitrogen and oxygen atoms in total. The normalized spacial score (nSPS) is 16.4. The Balaban J connectivity index is 1.35. The van der Waals surface area contributed by atoms with Crippen molar-refractivity contribution in [2.45, 2.75) is 20.0 Å². The molecule has 34 heavy (non-hydrogen) atoms. The SMILES string of the molecule is Cc1cc2c(c3c1C(=O)/C(=C/c1cn(C)c4ccccc14)O3)CN(Cc1ccc(F)cc1)CO2. The van der Waals surface area contributed by atoms with Gasteiger partial charge < -0.3 is 14.0 Å². The second-order valence-electron chi connectivity index (χ2n) is 8.91. The number of allylic oxidation sites excluding steroid dienone is 1. The molecule has 6 heteroatoms. The van der Waals surface area contributed by atoms with Gasteiger partial charge in [0.05, 0.1) is 11.1 Å². The third-order valence-electron chi connectivity index (χ3n) is 6.52. The number of ketones is 1. The molecule has 0 atom stereocenters. The molecule has 1 aromatic heterocycles. The van der Waals surface area contributed by atoms with Gasteiger partial charge >= 0.3 is 0 Å². The number of benzene rings is 3. The number of para-hydroxylation sites is 1. The molecule has 0 spiro atoms. The van der Waals surface area contributed by atoms with Crippen LogP contribution in [0.5, 0.6) is 11.5 Å². The van der Waals surface area contributed by atoms with Crippen LogP contribution in [0.4, 0.5) is 4.39 Å². The Hall–Kier alpha value is -3.90. The Morgan fingerprint density at radius 2 is 1.91 bits per heavy atom. The summed E-state index contributed by atoms with van der Waals surface area (Å²) in [5.74, 6) is 1.27. The average molecular weight is 455 g/mol. The molecule has 3 heterocycles. The van der Waals surface area contributed by atoms with Gasteiger partial charge in [-0.2, -0.15) is 0 Å². The maximum Gasteiger partial charge on any atom is 0.232 e. The van der Waals surface area contributed by atoms with Crippen molar-refractivity contribution in [1.29, 1.82) is 0 Å². The highest BCUT2D eigenvalue weighted by atomic mass is 19.1. The Bertz CT molecular complexity index is 1480. The smallest absolute Gasteiger partial charge is 0.232 e. The number of hydrogen-bond donors (Lipinski definition) is 0. The molecule has 3 aromatic carbocycles. The third-order valence-corrected chi connectivity index (χ3v) is 6.52. The molecule has 0 fully saturated rings. The highest BCUT2D eigenvalue weighted by Crippen LogP contribution is 2.44. The summed E-state index contributed by atoms with van der Waals surface area (Å²) < 4.78 is 27.6. The molecule has 2 aliphatic heterocycles. The quantitative estimate of drug-likeness (QED) is 0.378. The van der Waals surface area contributed by atoms with Crippen molar-refractivity contribution in [2.24, 2.45) is 7.05 Å². The van der Waals surface area contributed by atoms with Crippen molar-refractivity contribution in [3.63, 3.8) is 0 Å². The number of halogens is 1. The fourth-order valence-corrected chi connectivity index (χ4v) is 4.85. The molecule has 0 saturated carbocycles. The molecule has 2 aliphatic rings. The van der Waals surface area contributed by atoms with Gasteiger partial charge in [0, 0.05) is 42.8 Å². The van der Waals surface area contributed by atoms with Gasteiger partial charge in [0.25, 0.3) is 0 Å². The van der Waals surface area contributed by atoms with Crippen LogP contribution in [0.1, 0.15) is 32.6 Å². The number of Topliss-reactive ketones (excluding diaryl/α,β-unsaturated/α-hetero) is 1. The number of aromatic nitrogens is 1. The van der Waals surface area contributed by atoms with Crippen LogP contribution < -0.4 is 9.47 Å². The molecule has 0 unspecified atom stereocenters. The van der Waals surface area contributed by atoms with Crippen LogP contribution in [0.15, 0.2) is 66.6 Å². The highest BCUT2D eigenvalue weighted by Gasteiger charge is 2.35. The van der Waals surface area contributed by atoms with Gasteiger partial charge in [-0.3, -0.25) is 9.69 Å². The van der Waals surface area contributed by atoms with E-state index >= 15 is 0 Å². The zero-order chi connectivity index (χ0) is 23.4. The highest BCUT2D eigenvalue weighted by molar-refractivity contribution is 6.16. The minimum absolute atomic E-state index is 0.112.